The van der Waals surface area contributed by atoms with Crippen LogP contribution in [-0.2, 0) is 6.42 Å². The molecule has 0 aliphatic carbocycles. The quantitative estimate of drug-likeness (QED) is 0.857. The lowest BCUT2D eigenvalue weighted by Gasteiger charge is -2.10. The van der Waals surface area contributed by atoms with E-state index in [0.717, 1.165) is 12.1 Å². The fraction of sp³-hybridized carbons (Fsp3) is 0.278. The van der Waals surface area contributed by atoms with E-state index in [9.17, 15) is 4.79 Å². The minimum absolute atomic E-state index is 0.0532. The highest BCUT2D eigenvalue weighted by molar-refractivity contribution is 8.19. The van der Waals surface area contributed by atoms with Gasteiger partial charge in [-0.25, -0.2) is 0 Å². The Morgan fingerprint density at radius 2 is 1.68 bits per heavy atom. The number of rotatable bonds is 4. The summed E-state index contributed by atoms with van der Waals surface area (Å²) in [5, 5.41) is 2.95. The smallest absolute Gasteiger partial charge is 0.255 e. The maximum Gasteiger partial charge on any atom is 0.255 e. The predicted molar refractivity (Wildman–Crippen MR) is 97.9 cm³/mol. The third-order valence-corrected chi connectivity index (χ3v) is 6.79. The Kier molecular flexibility index (Phi) is 5.11. The summed E-state index contributed by atoms with van der Waals surface area (Å²) in [5.41, 5.74) is 4.12. The maximum absolute atomic E-state index is 12.3. The number of hydrogen-bond donors (Lipinski definition) is 1. The van der Waals surface area contributed by atoms with Crippen LogP contribution >= 0.6 is 23.5 Å². The molecule has 0 radical (unpaired) electrons. The molecule has 1 saturated heterocycles. The number of carbonyl (C=O) groups is 1. The van der Waals surface area contributed by atoms with Gasteiger partial charge in [0.2, 0.25) is 0 Å². The molecule has 3 rings (SSSR count). The van der Waals surface area contributed by atoms with Crippen molar-refractivity contribution in [2.75, 3.05) is 16.8 Å². The number of hydrogen-bond acceptors (Lipinski definition) is 3. The van der Waals surface area contributed by atoms with E-state index in [-0.39, 0.29) is 5.91 Å². The Labute approximate surface area is 140 Å². The van der Waals surface area contributed by atoms with Crippen molar-refractivity contribution in [2.24, 2.45) is 0 Å². The standard InChI is InChI=1S/C18H19NOS2/c1-2-13-3-9-16(10-4-13)19-17(20)14-5-7-15(8-6-14)18-21-11-12-22-18/h3-10,18H,2,11-12H2,1H3,(H,19,20). The van der Waals surface area contributed by atoms with Crippen molar-refractivity contribution in [3.8, 4) is 0 Å². The third-order valence-electron chi connectivity index (χ3n) is 3.69. The van der Waals surface area contributed by atoms with E-state index in [1.807, 2.05) is 59.9 Å². The van der Waals surface area contributed by atoms with Crippen molar-refractivity contribution in [1.29, 1.82) is 0 Å². The van der Waals surface area contributed by atoms with E-state index < -0.39 is 0 Å². The summed E-state index contributed by atoms with van der Waals surface area (Å²) in [5.74, 6) is 2.37. The molecule has 2 aromatic carbocycles. The van der Waals surface area contributed by atoms with Crippen LogP contribution in [0.1, 0.15) is 33.0 Å². The van der Waals surface area contributed by atoms with Crippen LogP contribution in [0.2, 0.25) is 0 Å². The number of amides is 1. The largest absolute Gasteiger partial charge is 0.322 e. The lowest BCUT2D eigenvalue weighted by Crippen LogP contribution is -2.11. The molecule has 1 heterocycles. The van der Waals surface area contributed by atoms with E-state index in [4.69, 9.17) is 0 Å². The van der Waals surface area contributed by atoms with Crippen LogP contribution in [0.15, 0.2) is 48.5 Å². The first kappa shape index (κ1) is 15.5. The van der Waals surface area contributed by atoms with E-state index in [1.165, 1.54) is 22.6 Å². The second-order valence-corrected chi connectivity index (χ2v) is 7.92. The third kappa shape index (κ3) is 3.68. The first-order valence-corrected chi connectivity index (χ1v) is 9.59. The molecule has 1 aliphatic heterocycles. The SMILES string of the molecule is CCc1ccc(NC(=O)c2ccc(C3SCCS3)cc2)cc1. The lowest BCUT2D eigenvalue weighted by atomic mass is 10.1. The lowest BCUT2D eigenvalue weighted by molar-refractivity contribution is 0.102. The van der Waals surface area contributed by atoms with Crippen LogP contribution in [-0.4, -0.2) is 17.4 Å². The van der Waals surface area contributed by atoms with Gasteiger partial charge in [0.15, 0.2) is 0 Å². The van der Waals surface area contributed by atoms with Gasteiger partial charge in [-0.2, -0.15) is 0 Å². The van der Waals surface area contributed by atoms with E-state index in [1.54, 1.807) is 0 Å². The Bertz CT molecular complexity index is 631. The summed E-state index contributed by atoms with van der Waals surface area (Å²) in [6, 6.07) is 16.0. The first-order chi connectivity index (χ1) is 10.8. The van der Waals surface area contributed by atoms with Gasteiger partial charge in [-0.3, -0.25) is 4.79 Å². The van der Waals surface area contributed by atoms with Gasteiger partial charge < -0.3 is 5.32 Å². The fourth-order valence-electron chi connectivity index (χ4n) is 2.37. The van der Waals surface area contributed by atoms with Crippen molar-refractivity contribution in [3.05, 3.63) is 65.2 Å². The highest BCUT2D eigenvalue weighted by atomic mass is 32.2. The molecule has 22 heavy (non-hydrogen) atoms. The molecule has 0 bridgehead atoms. The molecular weight excluding hydrogens is 310 g/mol. The van der Waals surface area contributed by atoms with Crippen LogP contribution in [0, 0.1) is 0 Å². The number of anilines is 1. The van der Waals surface area contributed by atoms with Crippen LogP contribution < -0.4 is 5.32 Å². The molecule has 1 fully saturated rings. The number of aryl methyl sites for hydroxylation is 1. The Morgan fingerprint density at radius 1 is 1.05 bits per heavy atom. The number of thioether (sulfide) groups is 2. The van der Waals surface area contributed by atoms with Gasteiger partial charge in [-0.05, 0) is 41.8 Å². The molecule has 0 saturated carbocycles. The zero-order valence-corrected chi connectivity index (χ0v) is 14.2. The highest BCUT2D eigenvalue weighted by Crippen LogP contribution is 2.45. The van der Waals surface area contributed by atoms with Crippen molar-refractivity contribution >= 4 is 35.1 Å². The summed E-state index contributed by atoms with van der Waals surface area (Å²) in [6.45, 7) is 2.12. The molecule has 1 N–H and O–H groups in total. The Hall–Kier alpha value is -1.39. The topological polar surface area (TPSA) is 29.1 Å². The normalized spacial score (nSPS) is 15.0. The molecule has 0 unspecified atom stereocenters. The average molecular weight is 329 g/mol. The minimum Gasteiger partial charge on any atom is -0.322 e. The van der Waals surface area contributed by atoms with Gasteiger partial charge in [0.05, 0.1) is 4.58 Å². The first-order valence-electron chi connectivity index (χ1n) is 7.49. The highest BCUT2D eigenvalue weighted by Gasteiger charge is 2.18. The van der Waals surface area contributed by atoms with Crippen LogP contribution in [0.3, 0.4) is 0 Å². The summed E-state index contributed by atoms with van der Waals surface area (Å²) in [6.07, 6.45) is 1.01. The van der Waals surface area contributed by atoms with Crippen molar-refractivity contribution in [2.45, 2.75) is 17.9 Å². The summed E-state index contributed by atoms with van der Waals surface area (Å²) in [4.78, 5) is 12.3. The average Bonchev–Trinajstić information content (AvgIpc) is 3.10. The van der Waals surface area contributed by atoms with Gasteiger partial charge >= 0.3 is 0 Å². The number of nitrogens with one attached hydrogen (secondary N) is 1. The van der Waals surface area contributed by atoms with Gasteiger partial charge in [0.1, 0.15) is 0 Å². The zero-order valence-electron chi connectivity index (χ0n) is 12.5. The summed E-state index contributed by atoms with van der Waals surface area (Å²) in [7, 11) is 0. The maximum atomic E-state index is 12.3. The summed E-state index contributed by atoms with van der Waals surface area (Å²) >= 11 is 3.96. The van der Waals surface area contributed by atoms with Crippen molar-refractivity contribution in [3.63, 3.8) is 0 Å². The van der Waals surface area contributed by atoms with E-state index >= 15 is 0 Å². The van der Waals surface area contributed by atoms with E-state index in [2.05, 4.69) is 24.4 Å². The molecule has 1 aliphatic rings. The second kappa shape index (κ2) is 7.25. The number of benzene rings is 2. The van der Waals surface area contributed by atoms with Crippen molar-refractivity contribution < 1.29 is 4.79 Å². The van der Waals surface area contributed by atoms with Crippen LogP contribution in [0.25, 0.3) is 0 Å². The molecule has 4 heteroatoms. The van der Waals surface area contributed by atoms with Gasteiger partial charge in [0, 0.05) is 22.8 Å². The summed E-state index contributed by atoms with van der Waals surface area (Å²) < 4.78 is 0.527. The molecule has 2 nitrogen and oxygen atoms in total. The zero-order chi connectivity index (χ0) is 15.4. The Balaban J connectivity index is 1.66. The molecular formula is C18H19NOS2. The molecule has 114 valence electrons. The number of carbonyl (C=O) groups excluding carboxylic acids is 1. The second-order valence-electron chi connectivity index (χ2n) is 5.20. The van der Waals surface area contributed by atoms with Crippen LogP contribution in [0.5, 0.6) is 0 Å². The molecule has 0 aromatic heterocycles. The van der Waals surface area contributed by atoms with Gasteiger partial charge in [-0.1, -0.05) is 31.2 Å². The van der Waals surface area contributed by atoms with Gasteiger partial charge in [0.25, 0.3) is 5.91 Å². The van der Waals surface area contributed by atoms with E-state index in [0.29, 0.717) is 10.1 Å². The minimum atomic E-state index is -0.0532. The monoisotopic (exact) mass is 329 g/mol. The molecule has 0 spiro atoms. The van der Waals surface area contributed by atoms with Crippen molar-refractivity contribution in [1.82, 2.24) is 0 Å². The fourth-order valence-corrected chi connectivity index (χ4v) is 5.23. The molecule has 1 amide bonds. The predicted octanol–water partition coefficient (Wildman–Crippen LogP) is 4.98. The molecule has 2 aromatic rings. The molecule has 0 atom stereocenters. The van der Waals surface area contributed by atoms with Gasteiger partial charge in [-0.15, -0.1) is 23.5 Å². The van der Waals surface area contributed by atoms with Crippen LogP contribution in [0.4, 0.5) is 5.69 Å². The Morgan fingerprint density at radius 3 is 2.27 bits per heavy atom.